The first kappa shape index (κ1) is 16.9. The van der Waals surface area contributed by atoms with E-state index >= 15 is 0 Å². The molecule has 0 bridgehead atoms. The number of aliphatic hydroxyl groups is 1. The third kappa shape index (κ3) is 4.52. The van der Waals surface area contributed by atoms with Crippen molar-refractivity contribution in [2.75, 3.05) is 11.4 Å². The Balaban J connectivity index is 1.52. The van der Waals surface area contributed by atoms with E-state index in [1.165, 1.54) is 24.2 Å². The standard InChI is InChI=1S/C17H27N3O2S/c1-13(21)20(15-6-7-15)16-19-14(11-23-16)10-18-12-17(22)8-4-2-3-5-9-17/h11,15,18,22H,2-10,12H2,1H3. The second kappa shape index (κ2) is 7.28. The first-order valence-electron chi connectivity index (χ1n) is 8.75. The van der Waals surface area contributed by atoms with E-state index in [-0.39, 0.29) is 5.91 Å². The van der Waals surface area contributed by atoms with Crippen molar-refractivity contribution in [1.29, 1.82) is 0 Å². The van der Waals surface area contributed by atoms with Crippen LogP contribution in [0.15, 0.2) is 5.38 Å². The van der Waals surface area contributed by atoms with Crippen molar-refractivity contribution in [3.8, 4) is 0 Å². The van der Waals surface area contributed by atoms with Crippen LogP contribution < -0.4 is 10.2 Å². The summed E-state index contributed by atoms with van der Waals surface area (Å²) in [4.78, 5) is 18.2. The maximum atomic E-state index is 11.8. The molecule has 3 rings (SSSR count). The minimum atomic E-state index is -0.561. The van der Waals surface area contributed by atoms with Crippen LogP contribution in [0.1, 0.15) is 64.0 Å². The molecule has 0 atom stereocenters. The molecule has 1 aromatic rings. The van der Waals surface area contributed by atoms with Gasteiger partial charge in [-0.1, -0.05) is 25.7 Å². The lowest BCUT2D eigenvalue weighted by atomic mass is 9.94. The molecule has 2 fully saturated rings. The van der Waals surface area contributed by atoms with Crippen LogP contribution in [0.5, 0.6) is 0 Å². The number of nitrogens with one attached hydrogen (secondary N) is 1. The van der Waals surface area contributed by atoms with Gasteiger partial charge < -0.3 is 10.4 Å². The zero-order valence-corrected chi connectivity index (χ0v) is 14.7. The summed E-state index contributed by atoms with van der Waals surface area (Å²) in [7, 11) is 0. The molecule has 6 heteroatoms. The Bertz CT molecular complexity index is 534. The average Bonchev–Trinajstić information content (AvgIpc) is 3.25. The Morgan fingerprint density at radius 1 is 1.39 bits per heavy atom. The Kier molecular flexibility index (Phi) is 5.34. The zero-order valence-electron chi connectivity index (χ0n) is 13.9. The number of nitrogens with zero attached hydrogens (tertiary/aromatic N) is 2. The maximum Gasteiger partial charge on any atom is 0.225 e. The summed E-state index contributed by atoms with van der Waals surface area (Å²) in [6.07, 6.45) is 8.66. The largest absolute Gasteiger partial charge is 0.389 e. The number of carbonyl (C=O) groups excluding carboxylic acids is 1. The van der Waals surface area contributed by atoms with Gasteiger partial charge in [-0.3, -0.25) is 9.69 Å². The number of anilines is 1. The van der Waals surface area contributed by atoms with Crippen molar-refractivity contribution in [3.63, 3.8) is 0 Å². The Labute approximate surface area is 142 Å². The smallest absolute Gasteiger partial charge is 0.225 e. The number of thiazole rings is 1. The summed E-state index contributed by atoms with van der Waals surface area (Å²) >= 11 is 1.53. The van der Waals surface area contributed by atoms with Gasteiger partial charge in [0.2, 0.25) is 5.91 Å². The summed E-state index contributed by atoms with van der Waals surface area (Å²) in [6.45, 7) is 2.88. The van der Waals surface area contributed by atoms with Crippen LogP contribution >= 0.6 is 11.3 Å². The van der Waals surface area contributed by atoms with Crippen LogP contribution in [-0.2, 0) is 11.3 Å². The number of rotatable bonds is 6. The van der Waals surface area contributed by atoms with E-state index in [1.54, 1.807) is 6.92 Å². The third-order valence-electron chi connectivity index (χ3n) is 4.79. The maximum absolute atomic E-state index is 11.8. The topological polar surface area (TPSA) is 65.5 Å². The lowest BCUT2D eigenvalue weighted by Gasteiger charge is -2.26. The van der Waals surface area contributed by atoms with Crippen molar-refractivity contribution >= 4 is 22.4 Å². The predicted molar refractivity (Wildman–Crippen MR) is 92.7 cm³/mol. The molecule has 2 saturated carbocycles. The minimum absolute atomic E-state index is 0.0779. The summed E-state index contributed by atoms with van der Waals surface area (Å²) in [5, 5.41) is 16.8. The number of aromatic nitrogens is 1. The second-order valence-electron chi connectivity index (χ2n) is 6.98. The van der Waals surface area contributed by atoms with E-state index in [4.69, 9.17) is 0 Å². The molecule has 0 aromatic carbocycles. The van der Waals surface area contributed by atoms with Crippen molar-refractivity contribution in [2.24, 2.45) is 0 Å². The van der Waals surface area contributed by atoms with E-state index in [9.17, 15) is 9.90 Å². The highest BCUT2D eigenvalue weighted by atomic mass is 32.1. The van der Waals surface area contributed by atoms with E-state index < -0.39 is 5.60 Å². The molecule has 2 aliphatic carbocycles. The van der Waals surface area contributed by atoms with Gasteiger partial charge >= 0.3 is 0 Å². The first-order valence-corrected chi connectivity index (χ1v) is 9.63. The van der Waals surface area contributed by atoms with Gasteiger partial charge in [-0.2, -0.15) is 0 Å². The number of hydrogen-bond acceptors (Lipinski definition) is 5. The summed E-state index contributed by atoms with van der Waals surface area (Å²) in [6, 6.07) is 0.353. The molecule has 1 heterocycles. The van der Waals surface area contributed by atoms with Gasteiger partial charge in [0.05, 0.1) is 11.3 Å². The molecule has 0 radical (unpaired) electrons. The first-order chi connectivity index (χ1) is 11.1. The van der Waals surface area contributed by atoms with Gasteiger partial charge in [0, 0.05) is 31.4 Å². The van der Waals surface area contributed by atoms with E-state index in [2.05, 4.69) is 10.3 Å². The molecule has 2 N–H and O–H groups in total. The monoisotopic (exact) mass is 337 g/mol. The second-order valence-corrected chi connectivity index (χ2v) is 7.82. The third-order valence-corrected chi connectivity index (χ3v) is 5.68. The van der Waals surface area contributed by atoms with Crippen molar-refractivity contribution < 1.29 is 9.90 Å². The van der Waals surface area contributed by atoms with Gasteiger partial charge in [0.1, 0.15) is 0 Å². The zero-order chi connectivity index (χ0) is 16.3. The van der Waals surface area contributed by atoms with Crippen molar-refractivity contribution in [3.05, 3.63) is 11.1 Å². The quantitative estimate of drug-likeness (QED) is 0.784. The fourth-order valence-electron chi connectivity index (χ4n) is 3.36. The molecular weight excluding hydrogens is 310 g/mol. The molecule has 1 aromatic heterocycles. The Hall–Kier alpha value is -0.980. The van der Waals surface area contributed by atoms with Gasteiger partial charge in [0.25, 0.3) is 0 Å². The van der Waals surface area contributed by atoms with E-state index in [0.29, 0.717) is 19.1 Å². The van der Waals surface area contributed by atoms with Crippen LogP contribution in [0.25, 0.3) is 0 Å². The van der Waals surface area contributed by atoms with Crippen LogP contribution in [0.3, 0.4) is 0 Å². The molecule has 0 spiro atoms. The van der Waals surface area contributed by atoms with E-state index in [0.717, 1.165) is 49.4 Å². The molecule has 0 aliphatic heterocycles. The average molecular weight is 337 g/mol. The molecule has 0 unspecified atom stereocenters. The highest BCUT2D eigenvalue weighted by molar-refractivity contribution is 7.14. The highest BCUT2D eigenvalue weighted by Crippen LogP contribution is 2.33. The van der Waals surface area contributed by atoms with Crippen molar-refractivity contribution in [1.82, 2.24) is 10.3 Å². The normalized spacial score (nSPS) is 21.0. The Morgan fingerprint density at radius 2 is 2.09 bits per heavy atom. The lowest BCUT2D eigenvalue weighted by molar-refractivity contribution is -0.116. The van der Waals surface area contributed by atoms with Gasteiger partial charge in [-0.15, -0.1) is 11.3 Å². The summed E-state index contributed by atoms with van der Waals surface area (Å²) < 4.78 is 0. The predicted octanol–water partition coefficient (Wildman–Crippen LogP) is 2.83. The molecule has 5 nitrogen and oxygen atoms in total. The number of hydrogen-bond donors (Lipinski definition) is 2. The number of amides is 1. The molecule has 23 heavy (non-hydrogen) atoms. The fraction of sp³-hybridized carbons (Fsp3) is 0.765. The fourth-order valence-corrected chi connectivity index (χ4v) is 4.29. The Morgan fingerprint density at radius 3 is 2.70 bits per heavy atom. The SMILES string of the molecule is CC(=O)N(c1nc(CNCC2(O)CCCCCC2)cs1)C1CC1. The van der Waals surface area contributed by atoms with Crippen LogP contribution in [0.4, 0.5) is 5.13 Å². The number of carbonyl (C=O) groups is 1. The molecular formula is C17H27N3O2S. The lowest BCUT2D eigenvalue weighted by Crippen LogP contribution is -2.40. The van der Waals surface area contributed by atoms with Crippen molar-refractivity contribution in [2.45, 2.75) is 76.5 Å². The van der Waals surface area contributed by atoms with Crippen LogP contribution in [0, 0.1) is 0 Å². The summed E-state index contributed by atoms with van der Waals surface area (Å²) in [5.74, 6) is 0.0779. The van der Waals surface area contributed by atoms with Crippen LogP contribution in [-0.4, -0.2) is 34.2 Å². The summed E-state index contributed by atoms with van der Waals surface area (Å²) in [5.41, 5.74) is 0.392. The van der Waals surface area contributed by atoms with Gasteiger partial charge in [-0.05, 0) is 25.7 Å². The minimum Gasteiger partial charge on any atom is -0.389 e. The molecule has 0 saturated heterocycles. The van der Waals surface area contributed by atoms with E-state index in [1.807, 2.05) is 10.3 Å². The highest BCUT2D eigenvalue weighted by Gasteiger charge is 2.33. The molecule has 1 amide bonds. The molecule has 128 valence electrons. The molecule has 2 aliphatic rings. The van der Waals surface area contributed by atoms with Gasteiger partial charge in [-0.25, -0.2) is 4.98 Å². The van der Waals surface area contributed by atoms with Crippen LogP contribution in [0.2, 0.25) is 0 Å². The van der Waals surface area contributed by atoms with Gasteiger partial charge in [0.15, 0.2) is 5.13 Å².